The van der Waals surface area contributed by atoms with Gasteiger partial charge in [0.2, 0.25) is 0 Å². The molecule has 10 heteroatoms. The predicted octanol–water partition coefficient (Wildman–Crippen LogP) is -4.89. The molecule has 0 amide bonds. The molecule has 1 atom stereocenters. The van der Waals surface area contributed by atoms with Crippen molar-refractivity contribution < 1.29 is 69.2 Å². The number of carboxylic acids is 4. The van der Waals surface area contributed by atoms with Crippen molar-refractivity contribution in [3.63, 3.8) is 0 Å². The Labute approximate surface area is 131 Å². The van der Waals surface area contributed by atoms with Crippen molar-refractivity contribution in [3.8, 4) is 0 Å². The monoisotopic (exact) mass is 289 g/mol. The molecule has 0 saturated carbocycles. The maximum atomic E-state index is 9.88. The van der Waals surface area contributed by atoms with Crippen molar-refractivity contribution in [1.82, 2.24) is 0 Å². The van der Waals surface area contributed by atoms with Crippen LogP contribution in [-0.4, -0.2) is 45.2 Å². The summed E-state index contributed by atoms with van der Waals surface area (Å²) >= 11 is 0. The summed E-state index contributed by atoms with van der Waals surface area (Å²) in [5, 5.41) is 32.8. The number of hydrogen-bond acceptors (Lipinski definition) is 6. The summed E-state index contributed by atoms with van der Waals surface area (Å²) in [4.78, 5) is 37.7. The van der Waals surface area contributed by atoms with E-state index >= 15 is 0 Å². The molecule has 9 nitrogen and oxygen atoms in total. The van der Waals surface area contributed by atoms with Crippen LogP contribution in [0.4, 0.5) is 0 Å². The Balaban J connectivity index is -0.000000105. The van der Waals surface area contributed by atoms with Crippen molar-refractivity contribution in [2.75, 3.05) is 0 Å². The second kappa shape index (κ2) is 16.8. The summed E-state index contributed by atoms with van der Waals surface area (Å²) in [6, 6.07) is -1.17. The molecule has 0 heterocycles. The molecule has 0 aliphatic carbocycles. The topological polar surface area (TPSA) is 178 Å². The Morgan fingerprint density at radius 3 is 1.47 bits per heavy atom. The Morgan fingerprint density at radius 1 is 1.05 bits per heavy atom. The first-order valence-electron chi connectivity index (χ1n) is 4.58. The summed E-state index contributed by atoms with van der Waals surface area (Å²) < 4.78 is 0. The predicted molar refractivity (Wildman–Crippen MR) is 56.5 cm³/mol. The summed E-state index contributed by atoms with van der Waals surface area (Å²) in [5.41, 5.74) is 4.94. The molecule has 0 bridgehead atoms. The first kappa shape index (κ1) is 26.4. The molecule has 0 aromatic rings. The minimum atomic E-state index is -1.42. The number of carbonyl (C=O) groups excluding carboxylic acids is 1. The molecule has 0 fully saturated rings. The molecule has 0 radical (unpaired) electrons. The molecule has 0 spiro atoms. The Hall–Kier alpha value is -1.16. The zero-order valence-corrected chi connectivity index (χ0v) is 13.0. The molecule has 19 heavy (non-hydrogen) atoms. The molecule has 0 aromatic carbocycles. The molecule has 0 aromatic heterocycles. The molecular weight excluding hydrogens is 273 g/mol. The molecule has 0 aliphatic heterocycles. The van der Waals surface area contributed by atoms with Gasteiger partial charge >= 0.3 is 35.5 Å². The van der Waals surface area contributed by atoms with Gasteiger partial charge in [0.15, 0.2) is 0 Å². The van der Waals surface area contributed by atoms with E-state index in [9.17, 15) is 14.7 Å². The van der Waals surface area contributed by atoms with Crippen molar-refractivity contribution in [3.05, 3.63) is 0 Å². The first-order chi connectivity index (χ1) is 8.00. The fraction of sp³-hybridized carbons (Fsp3) is 0.556. The summed E-state index contributed by atoms with van der Waals surface area (Å²) in [7, 11) is 0. The van der Waals surface area contributed by atoms with Crippen LogP contribution in [-0.2, 0) is 19.2 Å². The van der Waals surface area contributed by atoms with E-state index in [1.165, 1.54) is 0 Å². The van der Waals surface area contributed by atoms with Gasteiger partial charge in [0.05, 0.1) is 5.97 Å². The molecule has 5 N–H and O–H groups in total. The van der Waals surface area contributed by atoms with Gasteiger partial charge in [-0.05, 0) is 6.42 Å². The molecule has 0 saturated heterocycles. The van der Waals surface area contributed by atoms with E-state index in [-0.39, 0.29) is 42.4 Å². The van der Waals surface area contributed by atoms with Crippen molar-refractivity contribution in [2.45, 2.75) is 32.7 Å². The zero-order chi connectivity index (χ0) is 15.3. The average molecular weight is 289 g/mol. The van der Waals surface area contributed by atoms with Crippen LogP contribution >= 0.6 is 0 Å². The van der Waals surface area contributed by atoms with Gasteiger partial charge in [0.1, 0.15) is 0 Å². The van der Waals surface area contributed by atoms with Gasteiger partial charge in [-0.3, -0.25) is 14.4 Å². The summed E-state index contributed by atoms with van der Waals surface area (Å²) in [6.45, 7) is 2.17. The fourth-order valence-electron chi connectivity index (χ4n) is 0.397. The van der Waals surface area contributed by atoms with Crippen molar-refractivity contribution in [1.29, 1.82) is 0 Å². The first-order valence-corrected chi connectivity index (χ1v) is 4.58. The number of aliphatic carboxylic acids is 4. The van der Waals surface area contributed by atoms with Crippen LogP contribution in [0.2, 0.25) is 0 Å². The van der Waals surface area contributed by atoms with Crippen LogP contribution in [0.5, 0.6) is 0 Å². The van der Waals surface area contributed by atoms with E-state index in [0.717, 1.165) is 13.8 Å². The van der Waals surface area contributed by atoms with E-state index < -0.39 is 29.9 Å². The smallest absolute Gasteiger partial charge is 0.548 e. The van der Waals surface area contributed by atoms with Gasteiger partial charge in [0.25, 0.3) is 11.9 Å². The third kappa shape index (κ3) is 60.3. The minimum Gasteiger partial charge on any atom is -0.548 e. The number of carbonyl (C=O) groups is 4. The van der Waals surface area contributed by atoms with Crippen LogP contribution in [0, 0.1) is 0 Å². The van der Waals surface area contributed by atoms with E-state index in [2.05, 4.69) is 0 Å². The SMILES string of the molecule is CC(=O)O.CC(=O)O.N[C@@H](CCC(=O)O)C(=O)[O-].[Na+]. The van der Waals surface area contributed by atoms with E-state index in [1.54, 1.807) is 0 Å². The zero-order valence-electron chi connectivity index (χ0n) is 11.0. The molecule has 106 valence electrons. The normalized spacial score (nSPS) is 9.21. The molecule has 0 unspecified atom stereocenters. The third-order valence-electron chi connectivity index (χ3n) is 0.972. The largest absolute Gasteiger partial charge is 1.00 e. The van der Waals surface area contributed by atoms with Gasteiger partial charge in [-0.25, -0.2) is 0 Å². The number of nitrogens with two attached hydrogens (primary N) is 1. The maximum absolute atomic E-state index is 9.88. The van der Waals surface area contributed by atoms with Crippen LogP contribution in [0.25, 0.3) is 0 Å². The minimum absolute atomic E-state index is 0. The van der Waals surface area contributed by atoms with Gasteiger partial charge in [-0.2, -0.15) is 0 Å². The van der Waals surface area contributed by atoms with Crippen LogP contribution in [0.1, 0.15) is 26.7 Å². The second-order valence-electron chi connectivity index (χ2n) is 2.90. The Bertz CT molecular complexity index is 274. The molecular formula is C9H16NNaO8. The van der Waals surface area contributed by atoms with Gasteiger partial charge in [-0.15, -0.1) is 0 Å². The van der Waals surface area contributed by atoms with Crippen LogP contribution < -0.4 is 40.4 Å². The van der Waals surface area contributed by atoms with Gasteiger partial charge in [-0.1, -0.05) is 0 Å². The van der Waals surface area contributed by atoms with Crippen LogP contribution in [0.15, 0.2) is 0 Å². The summed E-state index contributed by atoms with van der Waals surface area (Å²) in [5.74, 6) is -4.14. The molecule has 0 rings (SSSR count). The summed E-state index contributed by atoms with van der Waals surface area (Å²) in [6.07, 6.45) is -0.327. The number of carboxylic acid groups (broad SMARTS) is 4. The van der Waals surface area contributed by atoms with Gasteiger partial charge in [0, 0.05) is 26.3 Å². The quantitative estimate of drug-likeness (QED) is 0.369. The van der Waals surface area contributed by atoms with E-state index in [0.29, 0.717) is 0 Å². The number of rotatable bonds is 4. The molecule has 0 aliphatic rings. The van der Waals surface area contributed by atoms with E-state index in [1.807, 2.05) is 0 Å². The second-order valence-corrected chi connectivity index (χ2v) is 2.90. The maximum Gasteiger partial charge on any atom is 1.00 e. The van der Waals surface area contributed by atoms with Crippen molar-refractivity contribution in [2.24, 2.45) is 5.73 Å². The third-order valence-corrected chi connectivity index (χ3v) is 0.972. The van der Waals surface area contributed by atoms with Crippen LogP contribution in [0.3, 0.4) is 0 Å². The van der Waals surface area contributed by atoms with Crippen molar-refractivity contribution >= 4 is 23.9 Å². The standard InChI is InChI=1S/C5H9NO4.2C2H4O2.Na/c6-3(5(9)10)1-2-4(7)8;2*1-2(3)4;/h3H,1-2,6H2,(H,7,8)(H,9,10);2*1H3,(H,3,4);/q;;;+1/p-1/t3-;;;/m0.../s1. The van der Waals surface area contributed by atoms with E-state index in [4.69, 9.17) is 30.6 Å². The van der Waals surface area contributed by atoms with Gasteiger partial charge < -0.3 is 31.0 Å². The Morgan fingerprint density at radius 2 is 1.32 bits per heavy atom. The Kier molecular flexibility index (Phi) is 23.4. The number of hydrogen-bond donors (Lipinski definition) is 4. The average Bonchev–Trinajstić information content (AvgIpc) is 2.11. The fourth-order valence-corrected chi connectivity index (χ4v) is 0.397.